The van der Waals surface area contributed by atoms with Crippen LogP contribution >= 0.6 is 0 Å². The minimum absolute atomic E-state index is 0.00580. The van der Waals surface area contributed by atoms with Gasteiger partial charge in [-0.3, -0.25) is 4.79 Å². The van der Waals surface area contributed by atoms with E-state index in [-0.39, 0.29) is 5.91 Å². The maximum absolute atomic E-state index is 12.9. The zero-order chi connectivity index (χ0) is 17.4. The second kappa shape index (κ2) is 6.56. The summed E-state index contributed by atoms with van der Waals surface area (Å²) in [6.45, 7) is 5.02. The van der Waals surface area contributed by atoms with Gasteiger partial charge in [-0.1, -0.05) is 18.2 Å². The molecule has 5 heteroatoms. The summed E-state index contributed by atoms with van der Waals surface area (Å²) in [5.74, 6) is 2.53. The molecular formula is C20H24N2O3. The quantitative estimate of drug-likeness (QED) is 0.858. The van der Waals surface area contributed by atoms with Gasteiger partial charge < -0.3 is 19.0 Å². The van der Waals surface area contributed by atoms with Gasteiger partial charge in [-0.2, -0.15) is 0 Å². The third kappa shape index (κ3) is 3.16. The summed E-state index contributed by atoms with van der Waals surface area (Å²) >= 11 is 0. The summed E-state index contributed by atoms with van der Waals surface area (Å²) in [4.78, 5) is 17.2. The molecule has 2 saturated heterocycles. The molecule has 0 bridgehead atoms. The van der Waals surface area contributed by atoms with E-state index in [2.05, 4.69) is 11.9 Å². The number of hydrogen-bond acceptors (Lipinski definition) is 4. The molecular weight excluding hydrogens is 316 g/mol. The molecule has 2 fully saturated rings. The van der Waals surface area contributed by atoms with Crippen molar-refractivity contribution in [2.24, 2.45) is 5.92 Å². The fourth-order valence-electron chi connectivity index (χ4n) is 3.98. The van der Waals surface area contributed by atoms with Crippen molar-refractivity contribution in [2.45, 2.75) is 26.0 Å². The number of para-hydroxylation sites is 1. The van der Waals surface area contributed by atoms with Crippen LogP contribution in [0.2, 0.25) is 0 Å². The molecule has 0 spiro atoms. The van der Waals surface area contributed by atoms with Crippen LogP contribution in [0.25, 0.3) is 0 Å². The standard InChI is InChI=1S/C20H24N2O3/c1-14-10-17(13-24-16-6-4-3-5-7-16)25-19(14)20(23)22-11-15-8-9-21(2)18(15)12-22/h3-7,10,15,18H,8-9,11-13H2,1-2H3/t15-,18+/m1/s1. The summed E-state index contributed by atoms with van der Waals surface area (Å²) in [7, 11) is 2.15. The lowest BCUT2D eigenvalue weighted by Gasteiger charge is -2.20. The highest BCUT2D eigenvalue weighted by Gasteiger charge is 2.42. The Kier molecular flexibility index (Phi) is 4.25. The Morgan fingerprint density at radius 3 is 2.84 bits per heavy atom. The third-order valence-corrected chi connectivity index (χ3v) is 5.40. The molecule has 0 radical (unpaired) electrons. The Morgan fingerprint density at radius 1 is 1.28 bits per heavy atom. The van der Waals surface area contributed by atoms with Crippen molar-refractivity contribution in [2.75, 3.05) is 26.7 Å². The first-order valence-electron chi connectivity index (χ1n) is 8.88. The summed E-state index contributed by atoms with van der Waals surface area (Å²) in [6, 6.07) is 12.0. The Bertz CT molecular complexity index is 756. The lowest BCUT2D eigenvalue weighted by molar-refractivity contribution is 0.0738. The van der Waals surface area contributed by atoms with Crippen molar-refractivity contribution in [3.05, 3.63) is 53.5 Å². The van der Waals surface area contributed by atoms with E-state index >= 15 is 0 Å². The van der Waals surface area contributed by atoms with Crippen LogP contribution in [0, 0.1) is 12.8 Å². The van der Waals surface area contributed by atoms with Gasteiger partial charge in [-0.05, 0) is 51.1 Å². The highest BCUT2D eigenvalue weighted by Crippen LogP contribution is 2.31. The van der Waals surface area contributed by atoms with Gasteiger partial charge in [0.25, 0.3) is 5.91 Å². The fourth-order valence-corrected chi connectivity index (χ4v) is 3.98. The molecule has 1 aromatic carbocycles. The summed E-state index contributed by atoms with van der Waals surface area (Å²) < 4.78 is 11.5. The minimum atomic E-state index is 0.00580. The average molecular weight is 340 g/mol. The lowest BCUT2D eigenvalue weighted by atomic mass is 10.1. The first kappa shape index (κ1) is 16.2. The van der Waals surface area contributed by atoms with Crippen molar-refractivity contribution >= 4 is 5.91 Å². The number of carbonyl (C=O) groups excluding carboxylic acids is 1. The van der Waals surface area contributed by atoms with E-state index in [1.165, 1.54) is 6.42 Å². The zero-order valence-electron chi connectivity index (χ0n) is 14.8. The van der Waals surface area contributed by atoms with Crippen LogP contribution in [0.5, 0.6) is 5.75 Å². The van der Waals surface area contributed by atoms with Crippen LogP contribution in [0.4, 0.5) is 0 Å². The topological polar surface area (TPSA) is 45.9 Å². The van der Waals surface area contributed by atoms with E-state index in [0.29, 0.717) is 30.1 Å². The highest BCUT2D eigenvalue weighted by atomic mass is 16.5. The fraction of sp³-hybridized carbons (Fsp3) is 0.450. The molecule has 0 aliphatic carbocycles. The van der Waals surface area contributed by atoms with Crippen molar-refractivity contribution in [1.82, 2.24) is 9.80 Å². The summed E-state index contributed by atoms with van der Waals surface area (Å²) in [6.07, 6.45) is 1.18. The van der Waals surface area contributed by atoms with Gasteiger partial charge in [0.15, 0.2) is 5.76 Å². The molecule has 1 aromatic heterocycles. The van der Waals surface area contributed by atoms with E-state index < -0.39 is 0 Å². The van der Waals surface area contributed by atoms with Crippen LogP contribution in [-0.2, 0) is 6.61 Å². The first-order chi connectivity index (χ1) is 12.1. The van der Waals surface area contributed by atoms with Gasteiger partial charge in [0.05, 0.1) is 0 Å². The first-order valence-corrected chi connectivity index (χ1v) is 8.88. The number of likely N-dealkylation sites (N-methyl/N-ethyl adjacent to an activating group) is 1. The summed E-state index contributed by atoms with van der Waals surface area (Å²) in [5.41, 5.74) is 0.877. The average Bonchev–Trinajstić information content (AvgIpc) is 3.30. The van der Waals surface area contributed by atoms with Gasteiger partial charge >= 0.3 is 0 Å². The number of fused-ring (bicyclic) bond motifs is 1. The smallest absolute Gasteiger partial charge is 0.289 e. The second-order valence-electron chi connectivity index (χ2n) is 7.13. The largest absolute Gasteiger partial charge is 0.486 e. The van der Waals surface area contributed by atoms with E-state index in [1.54, 1.807) is 0 Å². The third-order valence-electron chi connectivity index (χ3n) is 5.40. The normalized spacial score (nSPS) is 23.0. The molecule has 5 nitrogen and oxygen atoms in total. The number of hydrogen-bond donors (Lipinski definition) is 0. The van der Waals surface area contributed by atoms with Crippen molar-refractivity contribution < 1.29 is 13.9 Å². The van der Waals surface area contributed by atoms with Crippen LogP contribution in [0.3, 0.4) is 0 Å². The van der Waals surface area contributed by atoms with Crippen LogP contribution in [-0.4, -0.2) is 48.4 Å². The number of amides is 1. The predicted octanol–water partition coefficient (Wildman–Crippen LogP) is 2.94. The van der Waals surface area contributed by atoms with Crippen LogP contribution in [0.15, 0.2) is 40.8 Å². The predicted molar refractivity (Wildman–Crippen MR) is 94.6 cm³/mol. The monoisotopic (exact) mass is 340 g/mol. The van der Waals surface area contributed by atoms with Crippen molar-refractivity contribution in [3.8, 4) is 5.75 Å². The van der Waals surface area contributed by atoms with Gasteiger partial charge in [-0.25, -0.2) is 0 Å². The number of benzene rings is 1. The Hall–Kier alpha value is -2.27. The van der Waals surface area contributed by atoms with E-state index in [1.807, 2.05) is 48.2 Å². The Morgan fingerprint density at radius 2 is 2.08 bits per heavy atom. The summed E-state index contributed by atoms with van der Waals surface area (Å²) in [5, 5.41) is 0. The van der Waals surface area contributed by atoms with Crippen LogP contribution < -0.4 is 4.74 Å². The maximum Gasteiger partial charge on any atom is 0.289 e. The number of carbonyl (C=O) groups is 1. The molecule has 132 valence electrons. The van der Waals surface area contributed by atoms with E-state index in [0.717, 1.165) is 30.9 Å². The molecule has 25 heavy (non-hydrogen) atoms. The van der Waals surface area contributed by atoms with Gasteiger partial charge in [0.2, 0.25) is 0 Å². The molecule has 4 rings (SSSR count). The second-order valence-corrected chi connectivity index (χ2v) is 7.13. The highest BCUT2D eigenvalue weighted by molar-refractivity contribution is 5.93. The molecule has 3 heterocycles. The number of likely N-dealkylation sites (tertiary alicyclic amines) is 2. The number of rotatable bonds is 4. The SMILES string of the molecule is Cc1cc(COc2ccccc2)oc1C(=O)N1C[C@H]2CCN(C)[C@H]2C1. The maximum atomic E-state index is 12.9. The van der Waals surface area contributed by atoms with E-state index in [4.69, 9.17) is 9.15 Å². The molecule has 2 aliphatic rings. The number of aryl methyl sites for hydroxylation is 1. The van der Waals surface area contributed by atoms with Crippen LogP contribution in [0.1, 0.15) is 28.3 Å². The van der Waals surface area contributed by atoms with Gasteiger partial charge in [0, 0.05) is 24.7 Å². The Labute approximate surface area is 148 Å². The molecule has 1 amide bonds. The van der Waals surface area contributed by atoms with Gasteiger partial charge in [0.1, 0.15) is 18.1 Å². The van der Waals surface area contributed by atoms with Crippen molar-refractivity contribution in [1.29, 1.82) is 0 Å². The lowest BCUT2D eigenvalue weighted by Crippen LogP contribution is -2.35. The molecule has 0 saturated carbocycles. The Balaban J connectivity index is 1.42. The number of nitrogens with zero attached hydrogens (tertiary/aromatic N) is 2. The van der Waals surface area contributed by atoms with Gasteiger partial charge in [-0.15, -0.1) is 0 Å². The molecule has 0 unspecified atom stereocenters. The molecule has 2 aromatic rings. The number of furan rings is 1. The molecule has 0 N–H and O–H groups in total. The zero-order valence-corrected chi connectivity index (χ0v) is 14.8. The number of ether oxygens (including phenoxy) is 1. The minimum Gasteiger partial charge on any atom is -0.486 e. The van der Waals surface area contributed by atoms with Crippen molar-refractivity contribution in [3.63, 3.8) is 0 Å². The molecule has 2 aliphatic heterocycles. The van der Waals surface area contributed by atoms with E-state index in [9.17, 15) is 4.79 Å². The molecule has 2 atom stereocenters.